The summed E-state index contributed by atoms with van der Waals surface area (Å²) in [6.45, 7) is 2.83. The zero-order valence-corrected chi connectivity index (χ0v) is 16.6. The van der Waals surface area contributed by atoms with Gasteiger partial charge in [-0.15, -0.1) is 0 Å². The molecule has 2 N–H and O–H groups in total. The van der Waals surface area contributed by atoms with Crippen molar-refractivity contribution >= 4 is 11.7 Å². The molecule has 0 fully saturated rings. The van der Waals surface area contributed by atoms with Crippen molar-refractivity contribution in [1.29, 1.82) is 0 Å². The fraction of sp³-hybridized carbons (Fsp3) is 0.217. The molecule has 1 aromatic heterocycles. The number of amides is 1. The van der Waals surface area contributed by atoms with Gasteiger partial charge in [-0.3, -0.25) is 4.79 Å². The van der Waals surface area contributed by atoms with Crippen LogP contribution in [0, 0.1) is 0 Å². The molecule has 6 nitrogen and oxygen atoms in total. The van der Waals surface area contributed by atoms with E-state index in [1.807, 2.05) is 42.5 Å². The minimum Gasteiger partial charge on any atom is -0.497 e. The van der Waals surface area contributed by atoms with Crippen molar-refractivity contribution in [3.8, 4) is 11.5 Å². The largest absolute Gasteiger partial charge is 0.497 e. The fourth-order valence-corrected chi connectivity index (χ4v) is 2.81. The van der Waals surface area contributed by atoms with Crippen molar-refractivity contribution in [3.05, 3.63) is 84.1 Å². The number of pyridine rings is 1. The highest BCUT2D eigenvalue weighted by Crippen LogP contribution is 2.18. The second-order valence-electron chi connectivity index (χ2n) is 6.49. The molecular weight excluding hydrogens is 366 g/mol. The summed E-state index contributed by atoms with van der Waals surface area (Å²) in [6, 6.07) is 20.9. The van der Waals surface area contributed by atoms with Crippen LogP contribution in [-0.4, -0.2) is 31.2 Å². The molecule has 3 rings (SSSR count). The van der Waals surface area contributed by atoms with Crippen LogP contribution in [0.2, 0.25) is 0 Å². The number of aromatic nitrogens is 1. The lowest BCUT2D eigenvalue weighted by Gasteiger charge is -2.15. The number of hydrogen-bond acceptors (Lipinski definition) is 5. The van der Waals surface area contributed by atoms with E-state index in [0.29, 0.717) is 24.5 Å². The van der Waals surface area contributed by atoms with Gasteiger partial charge in [-0.25, -0.2) is 4.98 Å². The molecular formula is C23H25N3O3. The summed E-state index contributed by atoms with van der Waals surface area (Å²) in [6.07, 6.45) is 1.63. The summed E-state index contributed by atoms with van der Waals surface area (Å²) in [5, 5.41) is 6.19. The average Bonchev–Trinajstić information content (AvgIpc) is 2.77. The molecule has 0 bridgehead atoms. The van der Waals surface area contributed by atoms with E-state index in [2.05, 4.69) is 34.7 Å². The average molecular weight is 391 g/mol. The Morgan fingerprint density at radius 2 is 1.76 bits per heavy atom. The van der Waals surface area contributed by atoms with Crippen LogP contribution < -0.4 is 20.1 Å². The highest BCUT2D eigenvalue weighted by atomic mass is 16.5. The van der Waals surface area contributed by atoms with E-state index in [-0.39, 0.29) is 11.9 Å². The maximum atomic E-state index is 12.4. The third kappa shape index (κ3) is 5.97. The minimum absolute atomic E-state index is 0.0832. The van der Waals surface area contributed by atoms with Gasteiger partial charge in [-0.1, -0.05) is 30.3 Å². The molecule has 150 valence electrons. The van der Waals surface area contributed by atoms with Crippen LogP contribution >= 0.6 is 0 Å². The highest BCUT2D eigenvalue weighted by Gasteiger charge is 2.09. The number of benzene rings is 2. The molecule has 1 unspecified atom stereocenters. The number of carbonyl (C=O) groups excluding carboxylic acids is 1. The predicted octanol–water partition coefficient (Wildman–Crippen LogP) is 4.07. The summed E-state index contributed by atoms with van der Waals surface area (Å²) in [7, 11) is 1.62. The SMILES string of the molecule is COc1ccc(OCCNC(=O)c2ccnc(NC(C)c3ccccc3)c2)cc1. The van der Waals surface area contributed by atoms with Gasteiger partial charge in [0.15, 0.2) is 0 Å². The topological polar surface area (TPSA) is 72.5 Å². The first kappa shape index (κ1) is 20.2. The van der Waals surface area contributed by atoms with Crippen molar-refractivity contribution in [2.24, 2.45) is 0 Å². The van der Waals surface area contributed by atoms with Gasteiger partial charge in [0.2, 0.25) is 0 Å². The van der Waals surface area contributed by atoms with E-state index in [9.17, 15) is 4.79 Å². The Hall–Kier alpha value is -3.54. The van der Waals surface area contributed by atoms with Crippen molar-refractivity contribution < 1.29 is 14.3 Å². The van der Waals surface area contributed by atoms with Gasteiger partial charge in [0.25, 0.3) is 5.91 Å². The van der Waals surface area contributed by atoms with E-state index >= 15 is 0 Å². The van der Waals surface area contributed by atoms with Gasteiger partial charge in [-0.2, -0.15) is 0 Å². The van der Waals surface area contributed by atoms with E-state index in [1.165, 1.54) is 0 Å². The summed E-state index contributed by atoms with van der Waals surface area (Å²) in [4.78, 5) is 16.7. The third-order valence-electron chi connectivity index (χ3n) is 4.40. The minimum atomic E-state index is -0.166. The molecule has 3 aromatic rings. The highest BCUT2D eigenvalue weighted by molar-refractivity contribution is 5.94. The summed E-state index contributed by atoms with van der Waals surface area (Å²) in [5.74, 6) is 1.99. The standard InChI is InChI=1S/C23H25N3O3/c1-17(18-6-4-3-5-7-18)26-22-16-19(12-13-24-22)23(27)25-14-15-29-21-10-8-20(28-2)9-11-21/h3-13,16-17H,14-15H2,1-2H3,(H,24,26)(H,25,27). The van der Waals surface area contributed by atoms with Crippen LogP contribution in [-0.2, 0) is 0 Å². The maximum absolute atomic E-state index is 12.4. The van der Waals surface area contributed by atoms with Gasteiger partial charge in [0.1, 0.15) is 23.9 Å². The number of nitrogens with zero attached hydrogens (tertiary/aromatic N) is 1. The van der Waals surface area contributed by atoms with E-state index in [1.54, 1.807) is 25.4 Å². The Bertz CT molecular complexity index is 914. The zero-order chi connectivity index (χ0) is 20.5. The van der Waals surface area contributed by atoms with Crippen LogP contribution in [0.15, 0.2) is 72.9 Å². The molecule has 0 saturated heterocycles. The molecule has 0 saturated carbocycles. The van der Waals surface area contributed by atoms with Crippen LogP contribution in [0.1, 0.15) is 28.9 Å². The van der Waals surface area contributed by atoms with Crippen LogP contribution in [0.3, 0.4) is 0 Å². The zero-order valence-electron chi connectivity index (χ0n) is 16.6. The Labute approximate surface area is 170 Å². The molecule has 0 aliphatic heterocycles. The molecule has 2 aromatic carbocycles. The molecule has 1 heterocycles. The smallest absolute Gasteiger partial charge is 0.251 e. The monoisotopic (exact) mass is 391 g/mol. The number of nitrogens with one attached hydrogen (secondary N) is 2. The number of rotatable bonds is 9. The Morgan fingerprint density at radius 3 is 2.48 bits per heavy atom. The molecule has 1 amide bonds. The van der Waals surface area contributed by atoms with E-state index in [0.717, 1.165) is 17.1 Å². The molecule has 0 aliphatic rings. The Balaban J connectivity index is 1.48. The lowest BCUT2D eigenvalue weighted by molar-refractivity contribution is 0.0947. The molecule has 0 spiro atoms. The van der Waals surface area contributed by atoms with Gasteiger partial charge >= 0.3 is 0 Å². The molecule has 29 heavy (non-hydrogen) atoms. The van der Waals surface area contributed by atoms with Gasteiger partial charge in [-0.05, 0) is 48.9 Å². The molecule has 0 radical (unpaired) electrons. The van der Waals surface area contributed by atoms with Crippen LogP contribution in [0.4, 0.5) is 5.82 Å². The van der Waals surface area contributed by atoms with Crippen molar-refractivity contribution in [1.82, 2.24) is 10.3 Å². The second kappa shape index (κ2) is 10.1. The first-order chi connectivity index (χ1) is 14.2. The van der Waals surface area contributed by atoms with Crippen molar-refractivity contribution in [3.63, 3.8) is 0 Å². The Morgan fingerprint density at radius 1 is 1.03 bits per heavy atom. The van der Waals surface area contributed by atoms with Crippen LogP contribution in [0.5, 0.6) is 11.5 Å². The van der Waals surface area contributed by atoms with E-state index in [4.69, 9.17) is 9.47 Å². The second-order valence-corrected chi connectivity index (χ2v) is 6.49. The lowest BCUT2D eigenvalue weighted by Crippen LogP contribution is -2.28. The number of carbonyl (C=O) groups is 1. The quantitative estimate of drug-likeness (QED) is 0.538. The number of hydrogen-bond donors (Lipinski definition) is 2. The van der Waals surface area contributed by atoms with Crippen molar-refractivity contribution in [2.45, 2.75) is 13.0 Å². The fourth-order valence-electron chi connectivity index (χ4n) is 2.81. The van der Waals surface area contributed by atoms with Gasteiger partial charge < -0.3 is 20.1 Å². The lowest BCUT2D eigenvalue weighted by atomic mass is 10.1. The first-order valence-corrected chi connectivity index (χ1v) is 9.48. The summed E-state index contributed by atoms with van der Waals surface area (Å²) in [5.41, 5.74) is 1.70. The summed E-state index contributed by atoms with van der Waals surface area (Å²) < 4.78 is 10.7. The number of ether oxygens (including phenoxy) is 2. The molecule has 6 heteroatoms. The van der Waals surface area contributed by atoms with Crippen LogP contribution in [0.25, 0.3) is 0 Å². The van der Waals surface area contributed by atoms with E-state index < -0.39 is 0 Å². The Kier molecular flexibility index (Phi) is 7.05. The summed E-state index contributed by atoms with van der Waals surface area (Å²) >= 11 is 0. The van der Waals surface area contributed by atoms with Gasteiger partial charge in [0, 0.05) is 17.8 Å². The van der Waals surface area contributed by atoms with Crippen molar-refractivity contribution in [2.75, 3.05) is 25.6 Å². The molecule has 0 aliphatic carbocycles. The normalized spacial score (nSPS) is 11.4. The number of methoxy groups -OCH3 is 1. The maximum Gasteiger partial charge on any atom is 0.251 e. The first-order valence-electron chi connectivity index (χ1n) is 9.48. The molecule has 1 atom stereocenters. The predicted molar refractivity (Wildman–Crippen MR) is 114 cm³/mol. The van der Waals surface area contributed by atoms with Gasteiger partial charge in [0.05, 0.1) is 13.7 Å². The third-order valence-corrected chi connectivity index (χ3v) is 4.40. The number of anilines is 1.